The van der Waals surface area contributed by atoms with Crippen molar-refractivity contribution in [1.82, 2.24) is 10.6 Å². The number of likely N-dealkylation sites (N-methyl/N-ethyl adjacent to an activating group) is 2. The first-order valence-corrected chi connectivity index (χ1v) is 3.70. The van der Waals surface area contributed by atoms with Crippen LogP contribution in [0.2, 0.25) is 0 Å². The number of hydrogen-bond acceptors (Lipinski definition) is 4. The largest absolute Gasteiger partial charge is 0.313 e. The molecule has 2 atom stereocenters. The predicted molar refractivity (Wildman–Crippen MR) is 43.3 cm³/mol. The summed E-state index contributed by atoms with van der Waals surface area (Å²) in [5.41, 5.74) is 11.2. The first-order valence-electron chi connectivity index (χ1n) is 3.70. The molecule has 0 aromatic heterocycles. The van der Waals surface area contributed by atoms with Crippen LogP contribution in [0.25, 0.3) is 0 Å². The van der Waals surface area contributed by atoms with Crippen molar-refractivity contribution in [3.8, 4) is 0 Å². The van der Waals surface area contributed by atoms with Gasteiger partial charge in [-0.2, -0.15) is 0 Å². The highest BCUT2D eigenvalue weighted by atomic mass is 15.2. The lowest BCUT2D eigenvalue weighted by atomic mass is 10.4. The Hall–Kier alpha value is -0.160. The summed E-state index contributed by atoms with van der Waals surface area (Å²) in [6, 6.07) is 0. The molecule has 0 aliphatic heterocycles. The fraction of sp³-hybridized carbons (Fsp3) is 1.00. The molecule has 6 N–H and O–H groups in total. The van der Waals surface area contributed by atoms with Gasteiger partial charge in [0.2, 0.25) is 0 Å². The van der Waals surface area contributed by atoms with Gasteiger partial charge in [-0.15, -0.1) is 0 Å². The fourth-order valence-corrected chi connectivity index (χ4v) is 0.725. The Bertz CT molecular complexity index is 66.1. The topological polar surface area (TPSA) is 76.1 Å². The van der Waals surface area contributed by atoms with Gasteiger partial charge in [0.15, 0.2) is 0 Å². The van der Waals surface area contributed by atoms with E-state index in [4.69, 9.17) is 11.5 Å². The average Bonchev–Trinajstić information content (AvgIpc) is 1.89. The molecular formula is C6H18N4. The highest BCUT2D eigenvalue weighted by Gasteiger charge is 2.08. The molecule has 2 unspecified atom stereocenters. The summed E-state index contributed by atoms with van der Waals surface area (Å²) in [5, 5.41) is 6.04. The molecule has 10 heavy (non-hydrogen) atoms. The van der Waals surface area contributed by atoms with Gasteiger partial charge in [0, 0.05) is 0 Å². The Morgan fingerprint density at radius 2 is 1.30 bits per heavy atom. The smallest absolute Gasteiger partial charge is 0.0838 e. The molecule has 0 fully saturated rings. The summed E-state index contributed by atoms with van der Waals surface area (Å²) in [5.74, 6) is 0. The molecule has 0 saturated heterocycles. The van der Waals surface area contributed by atoms with Gasteiger partial charge in [-0.1, -0.05) is 13.8 Å². The SMILES string of the molecule is CCNC(N)C(N)NCC. The summed E-state index contributed by atoms with van der Waals surface area (Å²) in [6.45, 7) is 5.69. The van der Waals surface area contributed by atoms with E-state index in [0.29, 0.717) is 0 Å². The van der Waals surface area contributed by atoms with E-state index < -0.39 is 0 Å². The number of hydrogen-bond donors (Lipinski definition) is 4. The van der Waals surface area contributed by atoms with Crippen molar-refractivity contribution in [2.45, 2.75) is 26.2 Å². The zero-order valence-corrected chi connectivity index (χ0v) is 6.72. The lowest BCUT2D eigenvalue weighted by Crippen LogP contribution is -2.58. The van der Waals surface area contributed by atoms with Crippen LogP contribution >= 0.6 is 0 Å². The van der Waals surface area contributed by atoms with Crippen molar-refractivity contribution in [2.75, 3.05) is 13.1 Å². The van der Waals surface area contributed by atoms with Crippen molar-refractivity contribution in [3.63, 3.8) is 0 Å². The second kappa shape index (κ2) is 5.61. The summed E-state index contributed by atoms with van der Waals surface area (Å²) < 4.78 is 0. The van der Waals surface area contributed by atoms with Gasteiger partial charge < -0.3 is 11.5 Å². The third kappa shape index (κ3) is 3.79. The number of rotatable bonds is 5. The van der Waals surface area contributed by atoms with Gasteiger partial charge in [-0.25, -0.2) is 0 Å². The average molecular weight is 146 g/mol. The molecule has 0 aromatic carbocycles. The summed E-state index contributed by atoms with van der Waals surface area (Å²) >= 11 is 0. The van der Waals surface area contributed by atoms with Crippen LogP contribution < -0.4 is 22.1 Å². The van der Waals surface area contributed by atoms with E-state index in [1.165, 1.54) is 0 Å². The molecule has 0 aliphatic carbocycles. The minimum atomic E-state index is -0.148. The van der Waals surface area contributed by atoms with Gasteiger partial charge in [-0.3, -0.25) is 10.6 Å². The standard InChI is InChI=1S/C6H18N4/c1-3-9-5(7)6(8)10-4-2/h5-6,9-10H,3-4,7-8H2,1-2H3. The van der Waals surface area contributed by atoms with E-state index >= 15 is 0 Å². The second-order valence-electron chi connectivity index (χ2n) is 2.17. The quantitative estimate of drug-likeness (QED) is 0.367. The highest BCUT2D eigenvalue weighted by Crippen LogP contribution is 1.75. The Labute approximate surface area is 62.3 Å². The van der Waals surface area contributed by atoms with E-state index in [1.807, 2.05) is 13.8 Å². The van der Waals surface area contributed by atoms with Gasteiger partial charge in [-0.05, 0) is 13.1 Å². The summed E-state index contributed by atoms with van der Waals surface area (Å²) in [6.07, 6.45) is -0.296. The Kier molecular flexibility index (Phi) is 5.52. The zero-order valence-electron chi connectivity index (χ0n) is 6.72. The van der Waals surface area contributed by atoms with E-state index in [2.05, 4.69) is 10.6 Å². The van der Waals surface area contributed by atoms with E-state index in [9.17, 15) is 0 Å². The van der Waals surface area contributed by atoms with Crippen LogP contribution in [0.4, 0.5) is 0 Å². The maximum Gasteiger partial charge on any atom is 0.0838 e. The lowest BCUT2D eigenvalue weighted by molar-refractivity contribution is 0.395. The van der Waals surface area contributed by atoms with Crippen molar-refractivity contribution in [1.29, 1.82) is 0 Å². The zero-order chi connectivity index (χ0) is 7.98. The Morgan fingerprint density at radius 3 is 1.50 bits per heavy atom. The van der Waals surface area contributed by atoms with Gasteiger partial charge in [0.25, 0.3) is 0 Å². The number of nitrogens with two attached hydrogens (primary N) is 2. The normalized spacial score (nSPS) is 16.8. The van der Waals surface area contributed by atoms with Crippen LogP contribution in [-0.4, -0.2) is 25.4 Å². The van der Waals surface area contributed by atoms with Crippen molar-refractivity contribution in [3.05, 3.63) is 0 Å². The minimum absolute atomic E-state index is 0.148. The van der Waals surface area contributed by atoms with Gasteiger partial charge in [0.1, 0.15) is 0 Å². The molecule has 0 aliphatic rings. The first-order chi connectivity index (χ1) is 4.72. The van der Waals surface area contributed by atoms with E-state index in [0.717, 1.165) is 13.1 Å². The summed E-state index contributed by atoms with van der Waals surface area (Å²) in [7, 11) is 0. The monoisotopic (exact) mass is 146 g/mol. The molecule has 0 amide bonds. The second-order valence-corrected chi connectivity index (χ2v) is 2.17. The lowest BCUT2D eigenvalue weighted by Gasteiger charge is -2.20. The van der Waals surface area contributed by atoms with Crippen LogP contribution in [0.1, 0.15) is 13.8 Å². The highest BCUT2D eigenvalue weighted by molar-refractivity contribution is 4.69. The molecule has 0 aromatic rings. The van der Waals surface area contributed by atoms with Gasteiger partial charge in [0.05, 0.1) is 12.3 Å². The van der Waals surface area contributed by atoms with Crippen LogP contribution in [0.3, 0.4) is 0 Å². The van der Waals surface area contributed by atoms with E-state index in [-0.39, 0.29) is 12.3 Å². The molecule has 0 spiro atoms. The van der Waals surface area contributed by atoms with Crippen molar-refractivity contribution < 1.29 is 0 Å². The molecule has 0 rings (SSSR count). The molecular weight excluding hydrogens is 128 g/mol. The molecule has 0 radical (unpaired) electrons. The molecule has 0 saturated carbocycles. The van der Waals surface area contributed by atoms with Crippen molar-refractivity contribution >= 4 is 0 Å². The fourth-order valence-electron chi connectivity index (χ4n) is 0.725. The first kappa shape index (κ1) is 9.84. The summed E-state index contributed by atoms with van der Waals surface area (Å²) in [4.78, 5) is 0. The molecule has 62 valence electrons. The van der Waals surface area contributed by atoms with Crippen LogP contribution in [-0.2, 0) is 0 Å². The third-order valence-corrected chi connectivity index (χ3v) is 1.27. The third-order valence-electron chi connectivity index (χ3n) is 1.27. The maximum absolute atomic E-state index is 5.62. The Balaban J connectivity index is 3.38. The van der Waals surface area contributed by atoms with Crippen LogP contribution in [0.15, 0.2) is 0 Å². The Morgan fingerprint density at radius 1 is 1.00 bits per heavy atom. The molecule has 0 heterocycles. The van der Waals surface area contributed by atoms with E-state index in [1.54, 1.807) is 0 Å². The minimum Gasteiger partial charge on any atom is -0.313 e. The maximum atomic E-state index is 5.62. The van der Waals surface area contributed by atoms with Crippen LogP contribution in [0.5, 0.6) is 0 Å². The number of nitrogens with one attached hydrogen (secondary N) is 2. The molecule has 4 heteroatoms. The molecule has 4 nitrogen and oxygen atoms in total. The van der Waals surface area contributed by atoms with Crippen LogP contribution in [0, 0.1) is 0 Å². The van der Waals surface area contributed by atoms with Crippen molar-refractivity contribution in [2.24, 2.45) is 11.5 Å². The molecule has 0 bridgehead atoms. The van der Waals surface area contributed by atoms with Gasteiger partial charge >= 0.3 is 0 Å². The predicted octanol–water partition coefficient (Wildman–Crippen LogP) is -1.22.